The summed E-state index contributed by atoms with van der Waals surface area (Å²) in [5.41, 5.74) is 12.6. The van der Waals surface area contributed by atoms with Gasteiger partial charge in [-0.15, -0.1) is 0 Å². The monoisotopic (exact) mass is 717 g/mol. The van der Waals surface area contributed by atoms with Gasteiger partial charge in [-0.3, -0.25) is 0 Å². The average Bonchev–Trinajstić information content (AvgIpc) is 3.85. The maximum absolute atomic E-state index is 6.75. The minimum absolute atomic E-state index is 0.581. The summed E-state index contributed by atoms with van der Waals surface area (Å²) in [7, 11) is 0. The van der Waals surface area contributed by atoms with Crippen LogP contribution in [0.5, 0.6) is 0 Å². The number of hydrogen-bond donors (Lipinski definition) is 0. The third-order valence-corrected chi connectivity index (χ3v) is 10.5. The zero-order chi connectivity index (χ0) is 37.0. The van der Waals surface area contributed by atoms with Gasteiger partial charge in [0, 0.05) is 49.4 Å². The van der Waals surface area contributed by atoms with Crippen LogP contribution in [0, 0.1) is 0 Å². The van der Waals surface area contributed by atoms with E-state index in [-0.39, 0.29) is 0 Å². The second-order valence-electron chi connectivity index (χ2n) is 14.0. The van der Waals surface area contributed by atoms with E-state index in [9.17, 15) is 0 Å². The number of aromatic nitrogens is 3. The molecule has 5 nitrogen and oxygen atoms in total. The molecule has 0 bridgehead atoms. The van der Waals surface area contributed by atoms with Gasteiger partial charge in [-0.25, -0.2) is 15.0 Å². The molecule has 11 aromatic rings. The quantitative estimate of drug-likeness (QED) is 0.171. The van der Waals surface area contributed by atoms with Crippen LogP contribution in [0.25, 0.3) is 111 Å². The van der Waals surface area contributed by atoms with Crippen LogP contribution in [-0.4, -0.2) is 15.0 Å². The maximum atomic E-state index is 6.75. The third-order valence-electron chi connectivity index (χ3n) is 10.5. The summed E-state index contributed by atoms with van der Waals surface area (Å²) in [5.74, 6) is 1.79. The molecule has 0 radical (unpaired) electrons. The summed E-state index contributed by atoms with van der Waals surface area (Å²) >= 11 is 0. The Bertz CT molecular complexity index is 3250. The van der Waals surface area contributed by atoms with E-state index in [0.29, 0.717) is 17.5 Å². The SMILES string of the molecule is c1ccc(-c2nc(-c3cccc(-c4cccc(-c5cccc6c5oc5c(-c7ccccc7)cccc56)c4)c3)nc(-c3ccc4c(c3)oc3ccccc34)n2)cc1. The molecule has 0 atom stereocenters. The van der Waals surface area contributed by atoms with Gasteiger partial charge in [0.25, 0.3) is 0 Å². The van der Waals surface area contributed by atoms with Crippen LogP contribution in [0.4, 0.5) is 0 Å². The first-order valence-corrected chi connectivity index (χ1v) is 18.7. The van der Waals surface area contributed by atoms with Crippen molar-refractivity contribution in [3.8, 4) is 67.5 Å². The van der Waals surface area contributed by atoms with E-state index < -0.39 is 0 Å². The highest BCUT2D eigenvalue weighted by atomic mass is 16.3. The van der Waals surface area contributed by atoms with Crippen LogP contribution in [0.15, 0.2) is 197 Å². The standard InChI is InChI=1S/C51H31N3O2/c1-3-13-32(14-4-1)39-22-11-24-43-44-25-12-23-40(48(44)56-47(39)43)36-19-9-17-34(29-36)35-18-10-20-37(30-35)50-52-49(33-15-5-2-6-16-33)53-51(54-50)38-27-28-42-41-21-7-8-26-45(41)55-46(42)31-38/h1-31H. The fourth-order valence-electron chi connectivity index (χ4n) is 7.81. The Morgan fingerprint density at radius 3 is 1.43 bits per heavy atom. The lowest BCUT2D eigenvalue weighted by atomic mass is 9.96. The number of hydrogen-bond acceptors (Lipinski definition) is 5. The largest absolute Gasteiger partial charge is 0.456 e. The highest BCUT2D eigenvalue weighted by Crippen LogP contribution is 2.41. The molecule has 3 heterocycles. The Labute approximate surface area is 322 Å². The highest BCUT2D eigenvalue weighted by molar-refractivity contribution is 6.13. The van der Waals surface area contributed by atoms with Crippen LogP contribution in [0.1, 0.15) is 0 Å². The molecule has 0 aliphatic rings. The van der Waals surface area contributed by atoms with Crippen molar-refractivity contribution in [2.24, 2.45) is 0 Å². The normalized spacial score (nSPS) is 11.6. The molecule has 0 fully saturated rings. The first-order chi connectivity index (χ1) is 27.7. The molecule has 0 saturated heterocycles. The Morgan fingerprint density at radius 1 is 0.268 bits per heavy atom. The van der Waals surface area contributed by atoms with Crippen molar-refractivity contribution >= 4 is 43.9 Å². The minimum Gasteiger partial charge on any atom is -0.456 e. The van der Waals surface area contributed by atoms with E-state index >= 15 is 0 Å². The molecular weight excluding hydrogens is 687 g/mol. The number of furan rings is 2. The van der Waals surface area contributed by atoms with Gasteiger partial charge in [-0.2, -0.15) is 0 Å². The fourth-order valence-corrected chi connectivity index (χ4v) is 7.81. The third kappa shape index (κ3) is 5.45. The molecule has 0 N–H and O–H groups in total. The molecule has 3 aromatic heterocycles. The molecule has 8 aromatic carbocycles. The summed E-state index contributed by atoms with van der Waals surface area (Å²) in [6, 6.07) is 64.6. The smallest absolute Gasteiger partial charge is 0.164 e. The summed E-state index contributed by atoms with van der Waals surface area (Å²) in [5, 5.41) is 4.35. The summed E-state index contributed by atoms with van der Waals surface area (Å²) in [6.07, 6.45) is 0. The van der Waals surface area contributed by atoms with Crippen molar-refractivity contribution in [2.75, 3.05) is 0 Å². The van der Waals surface area contributed by atoms with Crippen LogP contribution < -0.4 is 0 Å². The molecule has 0 aliphatic heterocycles. The predicted octanol–water partition coefficient (Wildman–Crippen LogP) is 13.7. The number of benzene rings is 8. The second kappa shape index (κ2) is 13.0. The molecule has 262 valence electrons. The lowest BCUT2D eigenvalue weighted by Gasteiger charge is -2.10. The van der Waals surface area contributed by atoms with Crippen LogP contribution >= 0.6 is 0 Å². The van der Waals surface area contributed by atoms with Crippen molar-refractivity contribution in [3.05, 3.63) is 188 Å². The molecule has 0 aliphatic carbocycles. The van der Waals surface area contributed by atoms with E-state index in [2.05, 4.69) is 127 Å². The Morgan fingerprint density at radius 2 is 0.732 bits per heavy atom. The topological polar surface area (TPSA) is 65.0 Å². The first kappa shape index (κ1) is 31.9. The van der Waals surface area contributed by atoms with Gasteiger partial charge in [-0.1, -0.05) is 158 Å². The van der Waals surface area contributed by atoms with Crippen molar-refractivity contribution in [3.63, 3.8) is 0 Å². The molecule has 5 heteroatoms. The molecule has 0 spiro atoms. The minimum atomic E-state index is 0.581. The first-order valence-electron chi connectivity index (χ1n) is 18.7. The lowest BCUT2D eigenvalue weighted by Crippen LogP contribution is -2.00. The van der Waals surface area contributed by atoms with Crippen molar-refractivity contribution in [1.82, 2.24) is 15.0 Å². The Kier molecular flexibility index (Phi) is 7.42. The highest BCUT2D eigenvalue weighted by Gasteiger charge is 2.18. The summed E-state index contributed by atoms with van der Waals surface area (Å²) in [6.45, 7) is 0. The number of para-hydroxylation sites is 3. The molecule has 0 saturated carbocycles. The van der Waals surface area contributed by atoms with Crippen molar-refractivity contribution in [1.29, 1.82) is 0 Å². The van der Waals surface area contributed by atoms with Crippen LogP contribution in [0.2, 0.25) is 0 Å². The Hall–Kier alpha value is -7.63. The van der Waals surface area contributed by atoms with Crippen LogP contribution in [0.3, 0.4) is 0 Å². The molecule has 0 unspecified atom stereocenters. The van der Waals surface area contributed by atoms with E-state index in [1.54, 1.807) is 0 Å². The van der Waals surface area contributed by atoms with Gasteiger partial charge in [0.2, 0.25) is 0 Å². The Balaban J connectivity index is 1.00. The second-order valence-corrected chi connectivity index (χ2v) is 14.0. The van der Waals surface area contributed by atoms with E-state index in [0.717, 1.165) is 93.9 Å². The van der Waals surface area contributed by atoms with Gasteiger partial charge in [-0.05, 0) is 52.6 Å². The zero-order valence-electron chi connectivity index (χ0n) is 30.1. The van der Waals surface area contributed by atoms with Crippen LogP contribution in [-0.2, 0) is 0 Å². The van der Waals surface area contributed by atoms with Gasteiger partial charge < -0.3 is 8.83 Å². The van der Waals surface area contributed by atoms with Gasteiger partial charge in [0.1, 0.15) is 22.3 Å². The van der Waals surface area contributed by atoms with E-state index in [1.165, 1.54) is 0 Å². The average molecular weight is 718 g/mol. The summed E-state index contributed by atoms with van der Waals surface area (Å²) < 4.78 is 13.0. The molecule has 56 heavy (non-hydrogen) atoms. The van der Waals surface area contributed by atoms with E-state index in [1.807, 2.05) is 60.7 Å². The number of fused-ring (bicyclic) bond motifs is 6. The fraction of sp³-hybridized carbons (Fsp3) is 0. The van der Waals surface area contributed by atoms with Crippen molar-refractivity contribution < 1.29 is 8.83 Å². The molecular formula is C51H31N3O2. The van der Waals surface area contributed by atoms with E-state index in [4.69, 9.17) is 23.8 Å². The molecule has 11 rings (SSSR count). The van der Waals surface area contributed by atoms with Crippen molar-refractivity contribution in [2.45, 2.75) is 0 Å². The predicted molar refractivity (Wildman–Crippen MR) is 227 cm³/mol. The molecule has 0 amide bonds. The van der Waals surface area contributed by atoms with Gasteiger partial charge in [0.15, 0.2) is 17.5 Å². The van der Waals surface area contributed by atoms with Gasteiger partial charge >= 0.3 is 0 Å². The zero-order valence-corrected chi connectivity index (χ0v) is 30.1. The number of rotatable bonds is 6. The number of nitrogens with zero attached hydrogens (tertiary/aromatic N) is 3. The summed E-state index contributed by atoms with van der Waals surface area (Å²) in [4.78, 5) is 15.1. The van der Waals surface area contributed by atoms with Gasteiger partial charge in [0.05, 0.1) is 0 Å². The lowest BCUT2D eigenvalue weighted by molar-refractivity contribution is 0.669. The maximum Gasteiger partial charge on any atom is 0.164 e.